The lowest BCUT2D eigenvalue weighted by Crippen LogP contribution is -2.22. The minimum absolute atomic E-state index is 0.247. The zero-order valence-corrected chi connectivity index (χ0v) is 12.5. The lowest BCUT2D eigenvalue weighted by atomic mass is 10.0. The molecule has 4 heteroatoms. The highest BCUT2D eigenvalue weighted by Crippen LogP contribution is 2.41. The van der Waals surface area contributed by atoms with Crippen molar-refractivity contribution in [3.63, 3.8) is 0 Å². The summed E-state index contributed by atoms with van der Waals surface area (Å²) in [5, 5.41) is 12.3. The van der Waals surface area contributed by atoms with Gasteiger partial charge in [-0.15, -0.1) is 10.2 Å². The minimum atomic E-state index is 0.247. The molecule has 0 saturated heterocycles. The molecule has 4 rings (SSSR count). The molecule has 0 spiro atoms. The van der Waals surface area contributed by atoms with Gasteiger partial charge in [-0.1, -0.05) is 24.3 Å². The van der Waals surface area contributed by atoms with Gasteiger partial charge < -0.3 is 9.88 Å². The van der Waals surface area contributed by atoms with Crippen molar-refractivity contribution in [1.29, 1.82) is 0 Å². The second-order valence-corrected chi connectivity index (χ2v) is 6.31. The number of nitrogens with one attached hydrogen (secondary N) is 1. The Hall–Kier alpha value is -1.68. The molecule has 4 nitrogen and oxygen atoms in total. The number of rotatable bonds is 5. The van der Waals surface area contributed by atoms with Crippen LogP contribution < -0.4 is 5.32 Å². The molecule has 110 valence electrons. The van der Waals surface area contributed by atoms with Crippen LogP contribution in [0.1, 0.15) is 60.9 Å². The van der Waals surface area contributed by atoms with Crippen molar-refractivity contribution < 1.29 is 0 Å². The number of aryl methyl sites for hydroxylation is 1. The standard InChI is InChI=1S/C17H22N4/c1-12(17-20-19-16-7-4-10-21(16)17)18-11-14-5-2-3-6-15(14)13-8-9-13/h2-3,5-6,12-13,18H,4,7-11H2,1H3. The monoisotopic (exact) mass is 282 g/mol. The van der Waals surface area contributed by atoms with Crippen LogP contribution in [-0.2, 0) is 19.5 Å². The molecule has 0 bridgehead atoms. The summed E-state index contributed by atoms with van der Waals surface area (Å²) in [4.78, 5) is 0. The van der Waals surface area contributed by atoms with Gasteiger partial charge >= 0.3 is 0 Å². The van der Waals surface area contributed by atoms with Crippen LogP contribution in [0.2, 0.25) is 0 Å². The van der Waals surface area contributed by atoms with Crippen LogP contribution in [0.5, 0.6) is 0 Å². The van der Waals surface area contributed by atoms with Crippen LogP contribution in [0.15, 0.2) is 24.3 Å². The first-order valence-electron chi connectivity index (χ1n) is 8.06. The van der Waals surface area contributed by atoms with Crippen LogP contribution in [0.4, 0.5) is 0 Å². The van der Waals surface area contributed by atoms with Crippen LogP contribution in [0.3, 0.4) is 0 Å². The Balaban J connectivity index is 1.47. The van der Waals surface area contributed by atoms with Gasteiger partial charge in [-0.25, -0.2) is 0 Å². The second kappa shape index (κ2) is 5.26. The molecule has 2 heterocycles. The van der Waals surface area contributed by atoms with E-state index in [0.29, 0.717) is 0 Å². The minimum Gasteiger partial charge on any atom is -0.314 e. The van der Waals surface area contributed by atoms with Gasteiger partial charge in [-0.2, -0.15) is 0 Å². The Bertz CT molecular complexity index is 642. The molecule has 1 aromatic carbocycles. The highest BCUT2D eigenvalue weighted by atomic mass is 15.3. The van der Waals surface area contributed by atoms with E-state index in [1.54, 1.807) is 0 Å². The number of hydrogen-bond acceptors (Lipinski definition) is 3. The molecule has 1 aromatic heterocycles. The van der Waals surface area contributed by atoms with Gasteiger partial charge in [-0.05, 0) is 43.2 Å². The first-order chi connectivity index (χ1) is 10.3. The van der Waals surface area contributed by atoms with E-state index in [4.69, 9.17) is 0 Å². The summed E-state index contributed by atoms with van der Waals surface area (Å²) >= 11 is 0. The van der Waals surface area contributed by atoms with E-state index in [-0.39, 0.29) is 6.04 Å². The molecule has 1 unspecified atom stereocenters. The summed E-state index contributed by atoms with van der Waals surface area (Å²) in [5.74, 6) is 3.04. The molecule has 0 amide bonds. The first-order valence-corrected chi connectivity index (χ1v) is 8.06. The molecule has 21 heavy (non-hydrogen) atoms. The molecule has 2 aliphatic rings. The largest absolute Gasteiger partial charge is 0.314 e. The lowest BCUT2D eigenvalue weighted by Gasteiger charge is -2.15. The molecule has 2 aromatic rings. The fourth-order valence-electron chi connectivity index (χ4n) is 3.34. The van der Waals surface area contributed by atoms with Crippen LogP contribution in [0, 0.1) is 0 Å². The highest BCUT2D eigenvalue weighted by Gasteiger charge is 2.26. The summed E-state index contributed by atoms with van der Waals surface area (Å²) in [7, 11) is 0. The SMILES string of the molecule is CC(NCc1ccccc1C1CC1)c1nnc2n1CCC2. The van der Waals surface area contributed by atoms with Crippen molar-refractivity contribution in [3.05, 3.63) is 47.0 Å². The molecular formula is C17H22N4. The van der Waals surface area contributed by atoms with Gasteiger partial charge in [0.1, 0.15) is 11.6 Å². The molecule has 1 N–H and O–H groups in total. The average molecular weight is 282 g/mol. The lowest BCUT2D eigenvalue weighted by molar-refractivity contribution is 0.514. The van der Waals surface area contributed by atoms with Crippen molar-refractivity contribution in [1.82, 2.24) is 20.1 Å². The summed E-state index contributed by atoms with van der Waals surface area (Å²) in [6, 6.07) is 9.08. The third kappa shape index (κ3) is 2.48. The molecule has 1 aliphatic heterocycles. The maximum atomic E-state index is 4.37. The topological polar surface area (TPSA) is 42.7 Å². The number of nitrogens with zero attached hydrogens (tertiary/aromatic N) is 3. The number of benzene rings is 1. The third-order valence-corrected chi connectivity index (χ3v) is 4.70. The van der Waals surface area contributed by atoms with Crippen LogP contribution >= 0.6 is 0 Å². The third-order valence-electron chi connectivity index (χ3n) is 4.70. The van der Waals surface area contributed by atoms with Crippen LogP contribution in [0.25, 0.3) is 0 Å². The van der Waals surface area contributed by atoms with E-state index >= 15 is 0 Å². The van der Waals surface area contributed by atoms with Crippen molar-refractivity contribution >= 4 is 0 Å². The number of hydrogen-bond donors (Lipinski definition) is 1. The van der Waals surface area contributed by atoms with Gasteiger partial charge in [-0.3, -0.25) is 0 Å². The second-order valence-electron chi connectivity index (χ2n) is 6.31. The fourth-order valence-corrected chi connectivity index (χ4v) is 3.34. The first kappa shape index (κ1) is 13.0. The fraction of sp³-hybridized carbons (Fsp3) is 0.529. The van der Waals surface area contributed by atoms with E-state index in [1.807, 2.05) is 0 Å². The van der Waals surface area contributed by atoms with Gasteiger partial charge in [0, 0.05) is 19.5 Å². The zero-order valence-electron chi connectivity index (χ0n) is 12.5. The predicted molar refractivity (Wildman–Crippen MR) is 82.0 cm³/mol. The normalized spacial score (nSPS) is 18.7. The molecule has 1 aliphatic carbocycles. The summed E-state index contributed by atoms with van der Waals surface area (Å²) < 4.78 is 2.28. The maximum absolute atomic E-state index is 4.37. The van der Waals surface area contributed by atoms with Crippen LogP contribution in [-0.4, -0.2) is 14.8 Å². The molecule has 1 atom stereocenters. The zero-order chi connectivity index (χ0) is 14.2. The van der Waals surface area contributed by atoms with Gasteiger partial charge in [0.2, 0.25) is 0 Å². The van der Waals surface area contributed by atoms with Gasteiger partial charge in [0.25, 0.3) is 0 Å². The van der Waals surface area contributed by atoms with Gasteiger partial charge in [0.05, 0.1) is 6.04 Å². The summed E-state index contributed by atoms with van der Waals surface area (Å²) in [6.07, 6.45) is 4.98. The number of aromatic nitrogens is 3. The van der Waals surface area contributed by atoms with E-state index in [9.17, 15) is 0 Å². The van der Waals surface area contributed by atoms with Crippen molar-refractivity contribution in [2.45, 2.75) is 57.7 Å². The molecule has 1 saturated carbocycles. The Morgan fingerprint density at radius 1 is 1.29 bits per heavy atom. The predicted octanol–water partition coefficient (Wildman–Crippen LogP) is 2.95. The summed E-state index contributed by atoms with van der Waals surface area (Å²) in [6.45, 7) is 4.17. The summed E-state index contributed by atoms with van der Waals surface area (Å²) in [5.41, 5.74) is 2.97. The molecular weight excluding hydrogens is 260 g/mol. The van der Waals surface area contributed by atoms with Crippen molar-refractivity contribution in [3.8, 4) is 0 Å². The van der Waals surface area contributed by atoms with E-state index < -0.39 is 0 Å². The van der Waals surface area contributed by atoms with Crippen molar-refractivity contribution in [2.24, 2.45) is 0 Å². The van der Waals surface area contributed by atoms with Crippen molar-refractivity contribution in [2.75, 3.05) is 0 Å². The average Bonchev–Trinajstić information content (AvgIpc) is 3.11. The Morgan fingerprint density at radius 3 is 3.00 bits per heavy atom. The van der Waals surface area contributed by atoms with Gasteiger partial charge in [0.15, 0.2) is 0 Å². The Kier molecular flexibility index (Phi) is 3.26. The Labute approximate surface area is 125 Å². The molecule has 1 fully saturated rings. The highest BCUT2D eigenvalue weighted by molar-refractivity contribution is 5.33. The Morgan fingerprint density at radius 2 is 2.14 bits per heavy atom. The quantitative estimate of drug-likeness (QED) is 0.917. The smallest absolute Gasteiger partial charge is 0.149 e. The van der Waals surface area contributed by atoms with E-state index in [0.717, 1.165) is 37.1 Å². The van der Waals surface area contributed by atoms with E-state index in [2.05, 4.69) is 51.3 Å². The maximum Gasteiger partial charge on any atom is 0.149 e. The molecule has 0 radical (unpaired) electrons. The van der Waals surface area contributed by atoms with E-state index in [1.165, 1.54) is 30.4 Å². The number of fused-ring (bicyclic) bond motifs is 1.